The minimum absolute atomic E-state index is 0.715. The van der Waals surface area contributed by atoms with E-state index in [4.69, 9.17) is 4.74 Å². The van der Waals surface area contributed by atoms with Crippen molar-refractivity contribution in [3.63, 3.8) is 0 Å². The Kier molecular flexibility index (Phi) is 7.01. The van der Waals surface area contributed by atoms with Crippen LogP contribution < -0.4 is 5.32 Å². The third-order valence-electron chi connectivity index (χ3n) is 3.56. The maximum Gasteiger partial charge on any atom is 0.0474 e. The van der Waals surface area contributed by atoms with Gasteiger partial charge in [0.25, 0.3) is 0 Å². The number of nitrogens with zero attached hydrogens (tertiary/aromatic N) is 1. The number of hydrogen-bond acceptors (Lipinski definition) is 3. The Labute approximate surface area is 101 Å². The normalized spacial score (nSPS) is 25.5. The van der Waals surface area contributed by atoms with Gasteiger partial charge in [-0.3, -0.25) is 0 Å². The summed E-state index contributed by atoms with van der Waals surface area (Å²) in [6.07, 6.45) is 6.45. The summed E-state index contributed by atoms with van der Waals surface area (Å²) in [5.41, 5.74) is 0. The molecule has 0 aromatic rings. The molecule has 1 N–H and O–H groups in total. The maximum absolute atomic E-state index is 5.10. The van der Waals surface area contributed by atoms with Gasteiger partial charge in [-0.25, -0.2) is 0 Å². The first-order valence-electron chi connectivity index (χ1n) is 6.72. The van der Waals surface area contributed by atoms with E-state index < -0.39 is 0 Å². The minimum Gasteiger partial charge on any atom is -0.385 e. The van der Waals surface area contributed by atoms with Gasteiger partial charge in [0, 0.05) is 32.3 Å². The lowest BCUT2D eigenvalue weighted by Gasteiger charge is -2.30. The lowest BCUT2D eigenvalue weighted by Crippen LogP contribution is -2.45. The van der Waals surface area contributed by atoms with Crippen LogP contribution >= 0.6 is 0 Å². The average Bonchev–Trinajstić information content (AvgIpc) is 2.74. The molecule has 2 unspecified atom stereocenters. The van der Waals surface area contributed by atoms with Crippen molar-refractivity contribution in [3.05, 3.63) is 0 Å². The van der Waals surface area contributed by atoms with Crippen molar-refractivity contribution < 1.29 is 4.74 Å². The van der Waals surface area contributed by atoms with Gasteiger partial charge in [-0.2, -0.15) is 0 Å². The molecule has 0 aromatic carbocycles. The summed E-state index contributed by atoms with van der Waals surface area (Å²) in [7, 11) is 4.04. The molecule has 16 heavy (non-hydrogen) atoms. The predicted octanol–water partition coefficient (Wildman–Crippen LogP) is 1.88. The molecular formula is C13H28N2O. The highest BCUT2D eigenvalue weighted by atomic mass is 16.5. The third kappa shape index (κ3) is 4.40. The van der Waals surface area contributed by atoms with Crippen molar-refractivity contribution in [1.82, 2.24) is 10.2 Å². The lowest BCUT2D eigenvalue weighted by molar-refractivity contribution is 0.157. The second-order valence-electron chi connectivity index (χ2n) is 4.89. The van der Waals surface area contributed by atoms with Gasteiger partial charge in [-0.1, -0.05) is 13.3 Å². The van der Waals surface area contributed by atoms with E-state index in [1.165, 1.54) is 25.7 Å². The van der Waals surface area contributed by atoms with Gasteiger partial charge in [0.2, 0.25) is 0 Å². The van der Waals surface area contributed by atoms with Gasteiger partial charge in [-0.05, 0) is 39.3 Å². The maximum atomic E-state index is 5.10. The van der Waals surface area contributed by atoms with Gasteiger partial charge in [0.05, 0.1) is 0 Å². The lowest BCUT2D eigenvalue weighted by atomic mass is 10.1. The molecule has 0 spiro atoms. The van der Waals surface area contributed by atoms with Crippen LogP contribution in [-0.2, 0) is 4.74 Å². The van der Waals surface area contributed by atoms with Crippen molar-refractivity contribution in [1.29, 1.82) is 0 Å². The van der Waals surface area contributed by atoms with Crippen LogP contribution in [0.2, 0.25) is 0 Å². The van der Waals surface area contributed by atoms with Crippen LogP contribution in [0.5, 0.6) is 0 Å². The molecule has 3 nitrogen and oxygen atoms in total. The van der Waals surface area contributed by atoms with Gasteiger partial charge >= 0.3 is 0 Å². The molecule has 0 aliphatic heterocycles. The Hall–Kier alpha value is -0.120. The molecule has 0 radical (unpaired) electrons. The van der Waals surface area contributed by atoms with E-state index in [1.807, 2.05) is 0 Å². The molecule has 0 aromatic heterocycles. The van der Waals surface area contributed by atoms with Crippen molar-refractivity contribution in [3.8, 4) is 0 Å². The summed E-state index contributed by atoms with van der Waals surface area (Å²) in [5, 5.41) is 3.68. The highest BCUT2D eigenvalue weighted by molar-refractivity contribution is 4.89. The molecule has 1 saturated carbocycles. The van der Waals surface area contributed by atoms with Crippen LogP contribution in [0.3, 0.4) is 0 Å². The van der Waals surface area contributed by atoms with E-state index in [0.717, 1.165) is 32.2 Å². The van der Waals surface area contributed by atoms with Crippen LogP contribution in [0, 0.1) is 0 Å². The molecule has 0 bridgehead atoms. The van der Waals surface area contributed by atoms with Crippen LogP contribution in [-0.4, -0.2) is 50.8 Å². The summed E-state index contributed by atoms with van der Waals surface area (Å²) >= 11 is 0. The topological polar surface area (TPSA) is 24.5 Å². The molecule has 0 saturated heterocycles. The summed E-state index contributed by atoms with van der Waals surface area (Å²) in [6, 6.07) is 1.45. The van der Waals surface area contributed by atoms with Gasteiger partial charge in [0.1, 0.15) is 0 Å². The summed E-state index contributed by atoms with van der Waals surface area (Å²) in [4.78, 5) is 2.51. The molecule has 96 valence electrons. The van der Waals surface area contributed by atoms with Crippen LogP contribution in [0.4, 0.5) is 0 Å². The molecule has 3 heteroatoms. The molecule has 1 aliphatic rings. The number of ether oxygens (including phenoxy) is 1. The second kappa shape index (κ2) is 8.04. The zero-order valence-electron chi connectivity index (χ0n) is 11.2. The molecule has 0 amide bonds. The molecule has 0 heterocycles. The zero-order chi connectivity index (χ0) is 11.8. The standard InChI is InChI=1S/C13H28N2O/c1-4-9-14-12-7-5-8-13(12)15(2)10-6-11-16-3/h12-14H,4-11H2,1-3H3. The van der Waals surface area contributed by atoms with Crippen LogP contribution in [0.25, 0.3) is 0 Å². The monoisotopic (exact) mass is 228 g/mol. The predicted molar refractivity (Wildman–Crippen MR) is 68.8 cm³/mol. The van der Waals surface area contributed by atoms with Crippen LogP contribution in [0.15, 0.2) is 0 Å². The van der Waals surface area contributed by atoms with Crippen LogP contribution in [0.1, 0.15) is 39.0 Å². The zero-order valence-corrected chi connectivity index (χ0v) is 11.2. The first kappa shape index (κ1) is 13.9. The average molecular weight is 228 g/mol. The quantitative estimate of drug-likeness (QED) is 0.642. The Bertz CT molecular complexity index is 175. The second-order valence-corrected chi connectivity index (χ2v) is 4.89. The van der Waals surface area contributed by atoms with Crippen molar-refractivity contribution in [2.75, 3.05) is 33.9 Å². The molecule has 1 rings (SSSR count). The number of likely N-dealkylation sites (N-methyl/N-ethyl adjacent to an activating group) is 1. The highest BCUT2D eigenvalue weighted by Crippen LogP contribution is 2.23. The Morgan fingerprint density at radius 1 is 1.38 bits per heavy atom. The summed E-state index contributed by atoms with van der Waals surface area (Å²) < 4.78 is 5.10. The first-order chi connectivity index (χ1) is 7.79. The van der Waals surface area contributed by atoms with E-state index in [9.17, 15) is 0 Å². The molecule has 1 fully saturated rings. The molecule has 2 atom stereocenters. The highest BCUT2D eigenvalue weighted by Gasteiger charge is 2.29. The number of rotatable bonds is 8. The SMILES string of the molecule is CCCNC1CCCC1N(C)CCCOC. The van der Waals surface area contributed by atoms with E-state index in [-0.39, 0.29) is 0 Å². The Morgan fingerprint density at radius 2 is 2.19 bits per heavy atom. The van der Waals surface area contributed by atoms with E-state index in [1.54, 1.807) is 7.11 Å². The summed E-state index contributed by atoms with van der Waals surface area (Å²) in [5.74, 6) is 0. The van der Waals surface area contributed by atoms with Crippen molar-refractivity contribution >= 4 is 0 Å². The van der Waals surface area contributed by atoms with Crippen molar-refractivity contribution in [2.45, 2.75) is 51.1 Å². The molecular weight excluding hydrogens is 200 g/mol. The van der Waals surface area contributed by atoms with Gasteiger partial charge in [0.15, 0.2) is 0 Å². The minimum atomic E-state index is 0.715. The molecule has 1 aliphatic carbocycles. The first-order valence-corrected chi connectivity index (χ1v) is 6.72. The summed E-state index contributed by atoms with van der Waals surface area (Å²) in [6.45, 7) is 5.43. The number of methoxy groups -OCH3 is 1. The smallest absolute Gasteiger partial charge is 0.0474 e. The Balaban J connectivity index is 2.26. The van der Waals surface area contributed by atoms with Crippen molar-refractivity contribution in [2.24, 2.45) is 0 Å². The number of nitrogens with one attached hydrogen (secondary N) is 1. The third-order valence-corrected chi connectivity index (χ3v) is 3.56. The Morgan fingerprint density at radius 3 is 2.88 bits per heavy atom. The van der Waals surface area contributed by atoms with E-state index in [2.05, 4.69) is 24.2 Å². The van der Waals surface area contributed by atoms with E-state index in [0.29, 0.717) is 6.04 Å². The fraction of sp³-hybridized carbons (Fsp3) is 1.00. The van der Waals surface area contributed by atoms with E-state index >= 15 is 0 Å². The fourth-order valence-electron chi connectivity index (χ4n) is 2.66. The van der Waals surface area contributed by atoms with Gasteiger partial charge < -0.3 is 15.0 Å². The largest absolute Gasteiger partial charge is 0.385 e. The number of hydrogen-bond donors (Lipinski definition) is 1. The fourth-order valence-corrected chi connectivity index (χ4v) is 2.66. The van der Waals surface area contributed by atoms with Gasteiger partial charge in [-0.15, -0.1) is 0 Å².